The topological polar surface area (TPSA) is 103 Å². The van der Waals surface area contributed by atoms with Gasteiger partial charge < -0.3 is 11.1 Å². The molecule has 4 aromatic heterocycles. The number of hydrogen-bond acceptors (Lipinski definition) is 6. The highest BCUT2D eigenvalue weighted by Gasteiger charge is 2.27. The molecule has 4 aromatic rings. The molecule has 0 radical (unpaired) electrons. The summed E-state index contributed by atoms with van der Waals surface area (Å²) in [4.78, 5) is 30.2. The maximum Gasteiger partial charge on any atom is 0.333 e. The summed E-state index contributed by atoms with van der Waals surface area (Å²) in [6.07, 6.45) is -1.85. The summed E-state index contributed by atoms with van der Waals surface area (Å²) in [6.45, 7) is -1.24. The smallest absolute Gasteiger partial charge is 0.333 e. The number of nitrogens with one attached hydrogen (secondary N) is 1. The van der Waals surface area contributed by atoms with Crippen LogP contribution in [0.2, 0.25) is 0 Å². The average Bonchev–Trinajstić information content (AvgIpc) is 3.45. The Morgan fingerprint density at radius 3 is 2.50 bits per heavy atom. The van der Waals surface area contributed by atoms with E-state index in [1.54, 1.807) is 12.1 Å². The van der Waals surface area contributed by atoms with E-state index in [-0.39, 0.29) is 25.5 Å². The third-order valence-corrected chi connectivity index (χ3v) is 6.59. The lowest BCUT2D eigenvalue weighted by molar-refractivity contribution is 0.0520. The van der Waals surface area contributed by atoms with Crippen LogP contribution in [0.25, 0.3) is 20.7 Å². The van der Waals surface area contributed by atoms with Crippen LogP contribution in [0.1, 0.15) is 43.7 Å². The first-order chi connectivity index (χ1) is 15.2. The van der Waals surface area contributed by atoms with Crippen molar-refractivity contribution < 1.29 is 27.2 Å². The first-order valence-corrected chi connectivity index (χ1v) is 10.6. The van der Waals surface area contributed by atoms with Gasteiger partial charge in [0, 0.05) is 26.9 Å². The molecule has 13 heteroatoms. The molecule has 4 rings (SSSR count). The number of nitrogens with zero attached hydrogens (tertiary/aromatic N) is 3. The van der Waals surface area contributed by atoms with Crippen molar-refractivity contribution in [1.82, 2.24) is 14.8 Å². The largest absolute Gasteiger partial charge is 0.365 e. The average molecular weight is 483 g/mol. The van der Waals surface area contributed by atoms with Gasteiger partial charge in [-0.1, -0.05) is 0 Å². The molecule has 7 nitrogen and oxygen atoms in total. The molecule has 0 aromatic carbocycles. The van der Waals surface area contributed by atoms with Crippen LogP contribution in [0.5, 0.6) is 0 Å². The number of anilines is 1. The normalized spacial score (nSPS) is 11.6. The van der Waals surface area contributed by atoms with E-state index in [4.69, 9.17) is 5.73 Å². The maximum atomic E-state index is 13.5. The number of thiophene rings is 2. The van der Waals surface area contributed by atoms with Crippen LogP contribution in [-0.2, 0) is 0 Å². The molecular formula is C19H13F4N5O2S2. The summed E-state index contributed by atoms with van der Waals surface area (Å²) in [7, 11) is 0. The molecule has 0 unspecified atom stereocenters. The van der Waals surface area contributed by atoms with Gasteiger partial charge in [-0.2, -0.15) is 18.6 Å². The van der Waals surface area contributed by atoms with Gasteiger partial charge in [0.15, 0.2) is 0 Å². The molecule has 0 saturated heterocycles. The summed E-state index contributed by atoms with van der Waals surface area (Å²) in [5.74, 6) is -1.91. The van der Waals surface area contributed by atoms with Crippen molar-refractivity contribution in [3.63, 3.8) is 0 Å². The highest BCUT2D eigenvalue weighted by atomic mass is 32.1. The van der Waals surface area contributed by atoms with Crippen LogP contribution in [0, 0.1) is 6.92 Å². The standard InChI is InChI=1S/C19H13F4N5O2S2/c1-7-2-3-11(31-7)8-6-9(15(20)21)26-18-12(8)13(14(32-18)16(24)29)27-17(30)10-4-5-25-28(10)19(22)23/h2-6,15,19H,1H3,(H2,24,29)(H,27,30). The van der Waals surface area contributed by atoms with Gasteiger partial charge in [-0.15, -0.1) is 22.7 Å². The molecule has 0 atom stereocenters. The number of rotatable bonds is 6. The molecule has 0 aliphatic rings. The van der Waals surface area contributed by atoms with Crippen LogP contribution in [0.15, 0.2) is 30.5 Å². The Morgan fingerprint density at radius 1 is 1.16 bits per heavy atom. The number of amides is 2. The molecule has 3 N–H and O–H groups in total. The quantitative estimate of drug-likeness (QED) is 0.367. The van der Waals surface area contributed by atoms with E-state index >= 15 is 0 Å². The fourth-order valence-electron chi connectivity index (χ4n) is 3.12. The Hall–Kier alpha value is -3.32. The van der Waals surface area contributed by atoms with Gasteiger partial charge in [0.1, 0.15) is 21.1 Å². The van der Waals surface area contributed by atoms with Crippen molar-refractivity contribution in [2.24, 2.45) is 5.73 Å². The van der Waals surface area contributed by atoms with E-state index in [1.165, 1.54) is 17.4 Å². The summed E-state index contributed by atoms with van der Waals surface area (Å²) in [6, 6.07) is 5.75. The number of aryl methyl sites for hydroxylation is 1. The minimum absolute atomic E-state index is 0.0512. The van der Waals surface area contributed by atoms with Gasteiger partial charge in [0.05, 0.1) is 5.69 Å². The second-order valence-electron chi connectivity index (χ2n) is 6.55. The van der Waals surface area contributed by atoms with E-state index in [2.05, 4.69) is 15.4 Å². The Bertz CT molecular complexity index is 1340. The number of aromatic nitrogens is 3. The van der Waals surface area contributed by atoms with Crippen molar-refractivity contribution >= 4 is 50.4 Å². The van der Waals surface area contributed by atoms with Gasteiger partial charge in [0.25, 0.3) is 18.2 Å². The van der Waals surface area contributed by atoms with Crippen LogP contribution in [0.4, 0.5) is 23.2 Å². The second-order valence-corrected chi connectivity index (χ2v) is 8.84. The second kappa shape index (κ2) is 8.31. The fraction of sp³-hybridized carbons (Fsp3) is 0.158. The number of hydrogen-bond donors (Lipinski definition) is 2. The first kappa shape index (κ1) is 21.9. The molecule has 0 saturated carbocycles. The van der Waals surface area contributed by atoms with Crippen molar-refractivity contribution in [1.29, 1.82) is 0 Å². The summed E-state index contributed by atoms with van der Waals surface area (Å²) in [5.41, 5.74) is 4.71. The number of halogens is 4. The Kier molecular flexibility index (Phi) is 5.69. The van der Waals surface area contributed by atoms with Crippen LogP contribution in [-0.4, -0.2) is 26.6 Å². The predicted octanol–water partition coefficient (Wildman–Crippen LogP) is 5.21. The third-order valence-electron chi connectivity index (χ3n) is 4.46. The Morgan fingerprint density at radius 2 is 1.91 bits per heavy atom. The maximum absolute atomic E-state index is 13.5. The van der Waals surface area contributed by atoms with E-state index in [0.29, 0.717) is 10.4 Å². The van der Waals surface area contributed by atoms with E-state index in [1.807, 2.05) is 6.92 Å². The summed E-state index contributed by atoms with van der Waals surface area (Å²) >= 11 is 2.04. The molecule has 0 bridgehead atoms. The summed E-state index contributed by atoms with van der Waals surface area (Å²) < 4.78 is 53.4. The van der Waals surface area contributed by atoms with Crippen molar-refractivity contribution in [3.8, 4) is 10.4 Å². The minimum atomic E-state index is -3.07. The highest BCUT2D eigenvalue weighted by Crippen LogP contribution is 2.44. The minimum Gasteiger partial charge on any atom is -0.365 e. The van der Waals surface area contributed by atoms with Crippen molar-refractivity contribution in [2.75, 3.05) is 5.32 Å². The number of pyridine rings is 1. The molecule has 166 valence electrons. The van der Waals surface area contributed by atoms with E-state index in [9.17, 15) is 27.2 Å². The zero-order valence-corrected chi connectivity index (χ0v) is 17.7. The van der Waals surface area contributed by atoms with Crippen LogP contribution >= 0.6 is 22.7 Å². The van der Waals surface area contributed by atoms with Crippen LogP contribution in [0.3, 0.4) is 0 Å². The molecule has 2 amide bonds. The van der Waals surface area contributed by atoms with E-state index < -0.39 is 36.2 Å². The zero-order chi connectivity index (χ0) is 23.2. The monoisotopic (exact) mass is 483 g/mol. The molecule has 32 heavy (non-hydrogen) atoms. The molecule has 0 fully saturated rings. The van der Waals surface area contributed by atoms with E-state index in [0.717, 1.165) is 28.5 Å². The van der Waals surface area contributed by atoms with Crippen LogP contribution < -0.4 is 11.1 Å². The lowest BCUT2D eigenvalue weighted by Crippen LogP contribution is -2.20. The first-order valence-electron chi connectivity index (χ1n) is 8.92. The number of primary amides is 1. The predicted molar refractivity (Wildman–Crippen MR) is 113 cm³/mol. The third kappa shape index (κ3) is 3.84. The Labute approximate surface area is 185 Å². The summed E-state index contributed by atoms with van der Waals surface area (Å²) in [5, 5.41) is 6.05. The SMILES string of the molecule is Cc1ccc(-c2cc(C(F)F)nc3sc(C(N)=O)c(NC(=O)c4ccnn4C(F)F)c23)s1. The number of carbonyl (C=O) groups is 2. The van der Waals surface area contributed by atoms with Gasteiger partial charge in [-0.05, 0) is 31.2 Å². The number of alkyl halides is 4. The van der Waals surface area contributed by atoms with Crippen molar-refractivity contribution in [3.05, 3.63) is 51.6 Å². The highest BCUT2D eigenvalue weighted by molar-refractivity contribution is 7.21. The molecular weight excluding hydrogens is 470 g/mol. The zero-order valence-electron chi connectivity index (χ0n) is 16.1. The fourth-order valence-corrected chi connectivity index (χ4v) is 5.03. The molecule has 0 aliphatic heterocycles. The number of nitrogens with two attached hydrogens (primary N) is 1. The lowest BCUT2D eigenvalue weighted by Gasteiger charge is -2.11. The van der Waals surface area contributed by atoms with Gasteiger partial charge >= 0.3 is 6.55 Å². The number of carbonyl (C=O) groups excluding carboxylic acids is 2. The molecule has 4 heterocycles. The Balaban J connectivity index is 1.94. The van der Waals surface area contributed by atoms with Gasteiger partial charge in [0.2, 0.25) is 0 Å². The number of fused-ring (bicyclic) bond motifs is 1. The van der Waals surface area contributed by atoms with Gasteiger partial charge in [-0.25, -0.2) is 13.8 Å². The van der Waals surface area contributed by atoms with Gasteiger partial charge in [-0.3, -0.25) is 9.59 Å². The lowest BCUT2D eigenvalue weighted by atomic mass is 10.1. The molecule has 0 aliphatic carbocycles. The van der Waals surface area contributed by atoms with Crippen molar-refractivity contribution in [2.45, 2.75) is 19.9 Å². The molecule has 0 spiro atoms.